The van der Waals surface area contributed by atoms with Crippen LogP contribution in [0.1, 0.15) is 34.8 Å². The number of benzene rings is 1. The van der Waals surface area contributed by atoms with Crippen molar-refractivity contribution in [3.63, 3.8) is 0 Å². The van der Waals surface area contributed by atoms with Crippen molar-refractivity contribution in [2.75, 3.05) is 6.61 Å². The standard InChI is InChI=1S/C19H16ClFN2O5/c1-10(14-7-4-8-26-14)22-15(24)9-27-19(25)16-11(2)28-23-18(16)17-12(20)5-3-6-13(17)21/h3-8,10H,9H2,1-2H3,(H,22,24)/t10-/m0/s1. The van der Waals surface area contributed by atoms with Crippen LogP contribution in [0.4, 0.5) is 4.39 Å². The van der Waals surface area contributed by atoms with Crippen LogP contribution in [0.15, 0.2) is 45.5 Å². The third kappa shape index (κ3) is 4.07. The number of furan rings is 1. The van der Waals surface area contributed by atoms with Gasteiger partial charge in [0, 0.05) is 0 Å². The van der Waals surface area contributed by atoms with Gasteiger partial charge in [-0.05, 0) is 38.1 Å². The molecule has 2 heterocycles. The van der Waals surface area contributed by atoms with Gasteiger partial charge in [-0.1, -0.05) is 22.8 Å². The van der Waals surface area contributed by atoms with Gasteiger partial charge in [0.2, 0.25) is 0 Å². The van der Waals surface area contributed by atoms with Crippen molar-refractivity contribution in [2.24, 2.45) is 0 Å². The summed E-state index contributed by atoms with van der Waals surface area (Å²) < 4.78 is 29.4. The SMILES string of the molecule is Cc1onc(-c2c(F)cccc2Cl)c1C(=O)OCC(=O)N[C@@H](C)c1ccco1. The van der Waals surface area contributed by atoms with Gasteiger partial charge in [-0.25, -0.2) is 9.18 Å². The molecule has 1 aromatic carbocycles. The van der Waals surface area contributed by atoms with Crippen LogP contribution in [-0.2, 0) is 9.53 Å². The second-order valence-electron chi connectivity index (χ2n) is 5.94. The molecule has 2 aromatic heterocycles. The summed E-state index contributed by atoms with van der Waals surface area (Å²) in [6, 6.07) is 7.08. The predicted octanol–water partition coefficient (Wildman–Crippen LogP) is 4.07. The molecule has 9 heteroatoms. The quantitative estimate of drug-likeness (QED) is 0.620. The summed E-state index contributed by atoms with van der Waals surface area (Å²) in [6.07, 6.45) is 1.49. The summed E-state index contributed by atoms with van der Waals surface area (Å²) in [7, 11) is 0. The molecule has 3 rings (SSSR count). The Morgan fingerprint density at radius 1 is 1.32 bits per heavy atom. The molecule has 0 saturated heterocycles. The van der Waals surface area contributed by atoms with Gasteiger partial charge in [0.05, 0.1) is 22.9 Å². The van der Waals surface area contributed by atoms with Crippen molar-refractivity contribution < 1.29 is 27.7 Å². The van der Waals surface area contributed by atoms with Crippen LogP contribution in [-0.4, -0.2) is 23.6 Å². The maximum atomic E-state index is 14.2. The lowest BCUT2D eigenvalue weighted by Crippen LogP contribution is -2.31. The summed E-state index contributed by atoms with van der Waals surface area (Å²) in [6.45, 7) is 2.65. The summed E-state index contributed by atoms with van der Waals surface area (Å²) in [5.41, 5.74) is -0.266. The van der Waals surface area contributed by atoms with Crippen molar-refractivity contribution in [1.29, 1.82) is 0 Å². The molecule has 28 heavy (non-hydrogen) atoms. The van der Waals surface area contributed by atoms with Crippen molar-refractivity contribution >= 4 is 23.5 Å². The van der Waals surface area contributed by atoms with E-state index in [-0.39, 0.29) is 27.6 Å². The fraction of sp³-hybridized carbons (Fsp3) is 0.211. The number of aryl methyl sites for hydroxylation is 1. The molecule has 0 saturated carbocycles. The maximum Gasteiger partial charge on any atom is 0.344 e. The number of carbonyl (C=O) groups is 2. The van der Waals surface area contributed by atoms with E-state index >= 15 is 0 Å². The zero-order chi connectivity index (χ0) is 20.3. The fourth-order valence-corrected chi connectivity index (χ4v) is 2.85. The van der Waals surface area contributed by atoms with Gasteiger partial charge in [-0.15, -0.1) is 0 Å². The number of amides is 1. The van der Waals surface area contributed by atoms with Crippen LogP contribution in [0.3, 0.4) is 0 Å². The highest BCUT2D eigenvalue weighted by Crippen LogP contribution is 2.33. The van der Waals surface area contributed by atoms with Gasteiger partial charge in [0.15, 0.2) is 6.61 Å². The zero-order valence-electron chi connectivity index (χ0n) is 15.0. The number of rotatable bonds is 6. The normalized spacial score (nSPS) is 11.9. The highest BCUT2D eigenvalue weighted by molar-refractivity contribution is 6.33. The highest BCUT2D eigenvalue weighted by Gasteiger charge is 2.27. The Bertz CT molecular complexity index is 980. The average Bonchev–Trinajstić information content (AvgIpc) is 3.30. The number of hydrogen-bond acceptors (Lipinski definition) is 6. The molecule has 0 radical (unpaired) electrons. The summed E-state index contributed by atoms with van der Waals surface area (Å²) in [4.78, 5) is 24.5. The number of halogens is 2. The Morgan fingerprint density at radius 3 is 2.79 bits per heavy atom. The molecule has 0 bridgehead atoms. The van der Waals surface area contributed by atoms with Gasteiger partial charge in [0.25, 0.3) is 5.91 Å². The molecule has 7 nitrogen and oxygen atoms in total. The van der Waals surface area contributed by atoms with E-state index in [1.165, 1.54) is 31.4 Å². The third-order valence-electron chi connectivity index (χ3n) is 3.95. The van der Waals surface area contributed by atoms with E-state index in [4.69, 9.17) is 25.3 Å². The Kier molecular flexibility index (Phi) is 5.79. The molecule has 1 amide bonds. The Morgan fingerprint density at radius 2 is 2.11 bits per heavy atom. The first-order valence-corrected chi connectivity index (χ1v) is 8.66. The lowest BCUT2D eigenvalue weighted by Gasteiger charge is -2.11. The zero-order valence-corrected chi connectivity index (χ0v) is 15.7. The molecule has 0 spiro atoms. The fourth-order valence-electron chi connectivity index (χ4n) is 2.60. The predicted molar refractivity (Wildman–Crippen MR) is 97.2 cm³/mol. The van der Waals surface area contributed by atoms with Crippen molar-refractivity contribution in [3.8, 4) is 11.3 Å². The van der Waals surface area contributed by atoms with Crippen molar-refractivity contribution in [3.05, 3.63) is 64.5 Å². The number of esters is 1. The van der Waals surface area contributed by atoms with Crippen molar-refractivity contribution in [2.45, 2.75) is 19.9 Å². The number of ether oxygens (including phenoxy) is 1. The maximum absolute atomic E-state index is 14.2. The van der Waals surface area contributed by atoms with Gasteiger partial charge >= 0.3 is 5.97 Å². The minimum atomic E-state index is -0.881. The van der Waals surface area contributed by atoms with Crippen LogP contribution in [0, 0.1) is 12.7 Å². The Labute approximate surface area is 164 Å². The van der Waals surface area contributed by atoms with E-state index in [0.717, 1.165) is 0 Å². The highest BCUT2D eigenvalue weighted by atomic mass is 35.5. The van der Waals surface area contributed by atoms with E-state index in [1.54, 1.807) is 19.1 Å². The first-order chi connectivity index (χ1) is 13.4. The van der Waals surface area contributed by atoms with Crippen LogP contribution < -0.4 is 5.32 Å². The molecule has 0 unspecified atom stereocenters. The molecular weight excluding hydrogens is 391 g/mol. The topological polar surface area (TPSA) is 94.6 Å². The molecular formula is C19H16ClFN2O5. The van der Waals surface area contributed by atoms with Crippen LogP contribution in [0.25, 0.3) is 11.3 Å². The number of nitrogens with zero attached hydrogens (tertiary/aromatic N) is 1. The third-order valence-corrected chi connectivity index (χ3v) is 4.26. The Balaban J connectivity index is 1.72. The second-order valence-corrected chi connectivity index (χ2v) is 6.35. The first-order valence-electron chi connectivity index (χ1n) is 8.29. The lowest BCUT2D eigenvalue weighted by molar-refractivity contribution is -0.125. The minimum absolute atomic E-state index is 0.0624. The largest absolute Gasteiger partial charge is 0.467 e. The van der Waals surface area contributed by atoms with E-state index in [1.807, 2.05) is 0 Å². The van der Waals surface area contributed by atoms with E-state index in [0.29, 0.717) is 5.76 Å². The summed E-state index contributed by atoms with van der Waals surface area (Å²) in [5, 5.41) is 6.42. The second kappa shape index (κ2) is 8.26. The monoisotopic (exact) mass is 406 g/mol. The van der Waals surface area contributed by atoms with Gasteiger partial charge in [-0.2, -0.15) is 0 Å². The Hall–Kier alpha value is -3.13. The molecule has 0 aliphatic rings. The van der Waals surface area contributed by atoms with Crippen LogP contribution in [0.5, 0.6) is 0 Å². The molecule has 3 aromatic rings. The van der Waals surface area contributed by atoms with Gasteiger partial charge in [0.1, 0.15) is 28.6 Å². The smallest absolute Gasteiger partial charge is 0.344 e. The molecule has 0 aliphatic heterocycles. The van der Waals surface area contributed by atoms with Crippen molar-refractivity contribution in [1.82, 2.24) is 10.5 Å². The number of hydrogen-bond donors (Lipinski definition) is 1. The first kappa shape index (κ1) is 19.6. The average molecular weight is 407 g/mol. The summed E-state index contributed by atoms with van der Waals surface area (Å²) in [5.74, 6) is -1.40. The van der Waals surface area contributed by atoms with Gasteiger partial charge < -0.3 is 19.0 Å². The van der Waals surface area contributed by atoms with Crippen LogP contribution in [0.2, 0.25) is 5.02 Å². The molecule has 1 atom stereocenters. The minimum Gasteiger partial charge on any atom is -0.467 e. The number of nitrogens with one attached hydrogen (secondary N) is 1. The molecule has 0 aliphatic carbocycles. The van der Waals surface area contributed by atoms with Crippen LogP contribution >= 0.6 is 11.6 Å². The molecule has 146 valence electrons. The lowest BCUT2D eigenvalue weighted by atomic mass is 10.1. The van der Waals surface area contributed by atoms with E-state index in [2.05, 4.69) is 10.5 Å². The van der Waals surface area contributed by atoms with Gasteiger partial charge in [-0.3, -0.25) is 4.79 Å². The number of aromatic nitrogens is 1. The summed E-state index contributed by atoms with van der Waals surface area (Å²) >= 11 is 6.04. The number of carbonyl (C=O) groups excluding carboxylic acids is 2. The van der Waals surface area contributed by atoms with E-state index in [9.17, 15) is 14.0 Å². The molecule has 0 fully saturated rings. The van der Waals surface area contributed by atoms with E-state index < -0.39 is 30.3 Å². The molecule has 1 N–H and O–H groups in total.